The Morgan fingerprint density at radius 3 is 2.64 bits per heavy atom. The number of anilines is 1. The Labute approximate surface area is 194 Å². The van der Waals surface area contributed by atoms with Crippen LogP contribution in [0.2, 0.25) is 0 Å². The lowest BCUT2D eigenvalue weighted by Gasteiger charge is -2.30. The van der Waals surface area contributed by atoms with E-state index in [1.807, 2.05) is 12.1 Å². The molecule has 1 N–H and O–H groups in total. The molecule has 33 heavy (non-hydrogen) atoms. The molecule has 0 spiro atoms. The van der Waals surface area contributed by atoms with Gasteiger partial charge < -0.3 is 14.8 Å². The van der Waals surface area contributed by atoms with Gasteiger partial charge in [-0.3, -0.25) is 9.48 Å². The molecule has 0 atom stereocenters. The molecule has 174 valence electrons. The highest BCUT2D eigenvalue weighted by Gasteiger charge is 2.25. The quantitative estimate of drug-likeness (QED) is 0.550. The summed E-state index contributed by atoms with van der Waals surface area (Å²) in [5.74, 6) is 2.38. The van der Waals surface area contributed by atoms with E-state index in [2.05, 4.69) is 35.0 Å². The monoisotopic (exact) mass is 448 g/mol. The van der Waals surface area contributed by atoms with Crippen LogP contribution in [0.5, 0.6) is 11.6 Å². The summed E-state index contributed by atoms with van der Waals surface area (Å²) in [7, 11) is 0. The third-order valence-electron chi connectivity index (χ3n) is 6.93. The van der Waals surface area contributed by atoms with E-state index in [1.54, 1.807) is 18.2 Å². The smallest absolute Gasteiger partial charge is 0.274 e. The Balaban J connectivity index is 1.43. The zero-order valence-electron chi connectivity index (χ0n) is 19.4. The third-order valence-corrected chi connectivity index (χ3v) is 6.93. The Bertz CT molecular complexity index is 1130. The standard InChI is InChI=1S/C26H32N4O3/c1-17(2)18-8-10-20(11-9-18)30-16-19-14-23-24(15-22(19)29-30)32-12-3-4-13-33-25-7-5-6-21(27-25)26(31)28-23/h5-7,14-18,20H,3-4,8-13H2,1-2H3,(H,28,31)/t18-,20-. The molecule has 3 heterocycles. The molecule has 0 saturated heterocycles. The van der Waals surface area contributed by atoms with Gasteiger partial charge in [-0.05, 0) is 62.5 Å². The zero-order chi connectivity index (χ0) is 22.8. The number of nitrogens with one attached hydrogen (secondary N) is 1. The van der Waals surface area contributed by atoms with Crippen LogP contribution in [0.25, 0.3) is 10.9 Å². The predicted octanol–water partition coefficient (Wildman–Crippen LogP) is 5.62. The van der Waals surface area contributed by atoms with Gasteiger partial charge in [0.1, 0.15) is 11.4 Å². The molecule has 7 nitrogen and oxygen atoms in total. The Hall–Kier alpha value is -3.09. The van der Waals surface area contributed by atoms with Crippen molar-refractivity contribution in [2.75, 3.05) is 18.5 Å². The minimum atomic E-state index is -0.289. The van der Waals surface area contributed by atoms with Crippen LogP contribution in [0.3, 0.4) is 0 Å². The van der Waals surface area contributed by atoms with Crippen LogP contribution in [0.15, 0.2) is 36.5 Å². The fourth-order valence-corrected chi connectivity index (χ4v) is 4.88. The minimum Gasteiger partial charge on any atom is -0.491 e. The van der Waals surface area contributed by atoms with Crippen LogP contribution < -0.4 is 14.8 Å². The average molecular weight is 449 g/mol. The maximum absolute atomic E-state index is 12.9. The van der Waals surface area contributed by atoms with Crippen LogP contribution in [-0.2, 0) is 0 Å². The van der Waals surface area contributed by atoms with Crippen molar-refractivity contribution in [1.29, 1.82) is 0 Å². The number of benzene rings is 1. The molecule has 2 aliphatic rings. The summed E-state index contributed by atoms with van der Waals surface area (Å²) in [6, 6.07) is 9.59. The number of rotatable bonds is 2. The zero-order valence-corrected chi connectivity index (χ0v) is 19.4. The summed E-state index contributed by atoms with van der Waals surface area (Å²) in [5, 5.41) is 8.88. The van der Waals surface area contributed by atoms with Gasteiger partial charge >= 0.3 is 0 Å². The molecule has 1 aromatic carbocycles. The summed E-state index contributed by atoms with van der Waals surface area (Å²) >= 11 is 0. The van der Waals surface area contributed by atoms with Crippen molar-refractivity contribution in [2.45, 2.75) is 58.4 Å². The largest absolute Gasteiger partial charge is 0.491 e. The lowest BCUT2D eigenvalue weighted by atomic mass is 9.80. The molecule has 1 aliphatic carbocycles. The highest BCUT2D eigenvalue weighted by atomic mass is 16.5. The Morgan fingerprint density at radius 1 is 1.06 bits per heavy atom. The topological polar surface area (TPSA) is 78.3 Å². The van der Waals surface area contributed by atoms with Gasteiger partial charge in [-0.1, -0.05) is 19.9 Å². The lowest BCUT2D eigenvalue weighted by molar-refractivity contribution is 0.102. The van der Waals surface area contributed by atoms with Crippen molar-refractivity contribution in [3.63, 3.8) is 0 Å². The molecule has 1 amide bonds. The minimum absolute atomic E-state index is 0.289. The van der Waals surface area contributed by atoms with Gasteiger partial charge in [0, 0.05) is 23.7 Å². The first-order chi connectivity index (χ1) is 16.1. The molecular weight excluding hydrogens is 416 g/mol. The van der Waals surface area contributed by atoms with Gasteiger partial charge in [-0.25, -0.2) is 4.98 Å². The molecule has 2 bridgehead atoms. The van der Waals surface area contributed by atoms with E-state index in [1.165, 1.54) is 12.8 Å². The van der Waals surface area contributed by atoms with E-state index in [-0.39, 0.29) is 5.91 Å². The number of carbonyl (C=O) groups excluding carboxylic acids is 1. The van der Waals surface area contributed by atoms with E-state index in [4.69, 9.17) is 14.6 Å². The van der Waals surface area contributed by atoms with E-state index in [0.29, 0.717) is 42.3 Å². The summed E-state index contributed by atoms with van der Waals surface area (Å²) < 4.78 is 13.9. The molecule has 1 fully saturated rings. The highest BCUT2D eigenvalue weighted by Crippen LogP contribution is 2.37. The number of carbonyl (C=O) groups is 1. The van der Waals surface area contributed by atoms with Gasteiger partial charge in [0.25, 0.3) is 5.91 Å². The van der Waals surface area contributed by atoms with Gasteiger partial charge in [-0.2, -0.15) is 5.10 Å². The lowest BCUT2D eigenvalue weighted by Crippen LogP contribution is -2.21. The number of hydrogen-bond donors (Lipinski definition) is 1. The van der Waals surface area contributed by atoms with E-state index in [0.717, 1.165) is 48.4 Å². The second-order valence-corrected chi connectivity index (χ2v) is 9.55. The number of hydrogen-bond acceptors (Lipinski definition) is 5. The first-order valence-corrected chi connectivity index (χ1v) is 12.1. The SMILES string of the molecule is CC(C)[C@H]1CC[C@H](n2cc3cc4c(cc3n2)OCCCCOc2cccc(n2)C(=O)N4)CC1. The van der Waals surface area contributed by atoms with Crippen molar-refractivity contribution in [3.05, 3.63) is 42.2 Å². The maximum atomic E-state index is 12.9. The van der Waals surface area contributed by atoms with Crippen LogP contribution in [0.1, 0.15) is 68.9 Å². The molecular formula is C26H32N4O3. The molecule has 1 saturated carbocycles. The van der Waals surface area contributed by atoms with E-state index < -0.39 is 0 Å². The van der Waals surface area contributed by atoms with Crippen molar-refractivity contribution in [1.82, 2.24) is 14.8 Å². The summed E-state index contributed by atoms with van der Waals surface area (Å²) in [5.41, 5.74) is 1.85. The van der Waals surface area contributed by atoms with Gasteiger partial charge in [0.15, 0.2) is 0 Å². The first-order valence-electron chi connectivity index (χ1n) is 12.1. The number of fused-ring (bicyclic) bond motifs is 4. The summed E-state index contributed by atoms with van der Waals surface area (Å²) in [6.45, 7) is 5.73. The number of nitrogens with zero attached hydrogens (tertiary/aromatic N) is 3. The molecule has 5 rings (SSSR count). The summed E-state index contributed by atoms with van der Waals surface area (Å²) in [6.07, 6.45) is 8.63. The van der Waals surface area contributed by atoms with E-state index in [9.17, 15) is 4.79 Å². The molecule has 2 aromatic heterocycles. The second kappa shape index (κ2) is 9.41. The predicted molar refractivity (Wildman–Crippen MR) is 128 cm³/mol. The van der Waals surface area contributed by atoms with Gasteiger partial charge in [0.05, 0.1) is 30.5 Å². The number of pyridine rings is 1. The molecule has 0 unspecified atom stereocenters. The van der Waals surface area contributed by atoms with Crippen LogP contribution in [0.4, 0.5) is 5.69 Å². The second-order valence-electron chi connectivity index (χ2n) is 9.55. The van der Waals surface area contributed by atoms with Crippen molar-refractivity contribution >= 4 is 22.5 Å². The van der Waals surface area contributed by atoms with Gasteiger partial charge in [0.2, 0.25) is 5.88 Å². The van der Waals surface area contributed by atoms with Crippen LogP contribution in [0, 0.1) is 11.8 Å². The highest BCUT2D eigenvalue weighted by molar-refractivity contribution is 6.05. The van der Waals surface area contributed by atoms with Crippen LogP contribution >= 0.6 is 0 Å². The Kier molecular flexibility index (Phi) is 6.20. The average Bonchev–Trinajstić information content (AvgIpc) is 3.24. The van der Waals surface area contributed by atoms with Crippen molar-refractivity contribution < 1.29 is 14.3 Å². The molecule has 1 aliphatic heterocycles. The number of ether oxygens (including phenoxy) is 2. The molecule has 0 radical (unpaired) electrons. The Morgan fingerprint density at radius 2 is 1.85 bits per heavy atom. The summed E-state index contributed by atoms with van der Waals surface area (Å²) in [4.78, 5) is 17.3. The van der Waals surface area contributed by atoms with Crippen LogP contribution in [-0.4, -0.2) is 33.9 Å². The van der Waals surface area contributed by atoms with Gasteiger partial charge in [-0.15, -0.1) is 0 Å². The third kappa shape index (κ3) is 4.82. The number of amides is 1. The normalized spacial score (nSPS) is 21.7. The first kappa shape index (κ1) is 21.7. The molecule has 3 aromatic rings. The number of aromatic nitrogens is 3. The fourth-order valence-electron chi connectivity index (χ4n) is 4.88. The van der Waals surface area contributed by atoms with Crippen molar-refractivity contribution in [3.8, 4) is 11.6 Å². The van der Waals surface area contributed by atoms with Crippen molar-refractivity contribution in [2.24, 2.45) is 11.8 Å². The maximum Gasteiger partial charge on any atom is 0.274 e. The molecule has 7 heteroatoms. The fraction of sp³-hybridized carbons (Fsp3) is 0.500. The van der Waals surface area contributed by atoms with E-state index >= 15 is 0 Å².